The molecule has 0 aliphatic rings. The van der Waals surface area contributed by atoms with E-state index < -0.39 is 11.8 Å². The monoisotopic (exact) mass is 312 g/mol. The van der Waals surface area contributed by atoms with Crippen molar-refractivity contribution in [3.63, 3.8) is 0 Å². The summed E-state index contributed by atoms with van der Waals surface area (Å²) in [6, 6.07) is 9.88. The Hall–Kier alpha value is -3.22. The third-order valence-corrected chi connectivity index (χ3v) is 2.80. The molecule has 0 bridgehead atoms. The third kappa shape index (κ3) is 4.92. The minimum Gasteiger partial charge on any atom is -0.326 e. The van der Waals surface area contributed by atoms with Crippen LogP contribution in [0.15, 0.2) is 42.6 Å². The Morgan fingerprint density at radius 3 is 2.17 bits per heavy atom. The van der Waals surface area contributed by atoms with Gasteiger partial charge >= 0.3 is 11.8 Å². The molecule has 118 valence electrons. The van der Waals surface area contributed by atoms with Crippen molar-refractivity contribution < 1.29 is 14.4 Å². The first kappa shape index (κ1) is 16.2. The van der Waals surface area contributed by atoms with Gasteiger partial charge in [0.25, 0.3) is 0 Å². The normalized spacial score (nSPS) is 9.83. The summed E-state index contributed by atoms with van der Waals surface area (Å²) in [4.78, 5) is 38.7. The number of hydrogen-bond donors (Lipinski definition) is 3. The molecule has 7 nitrogen and oxygen atoms in total. The van der Waals surface area contributed by atoms with E-state index in [1.165, 1.54) is 6.92 Å². The molecule has 23 heavy (non-hydrogen) atoms. The van der Waals surface area contributed by atoms with Crippen LogP contribution >= 0.6 is 0 Å². The van der Waals surface area contributed by atoms with Gasteiger partial charge in [-0.05, 0) is 36.8 Å². The van der Waals surface area contributed by atoms with Gasteiger partial charge in [0, 0.05) is 24.5 Å². The number of aromatic nitrogens is 1. The summed E-state index contributed by atoms with van der Waals surface area (Å²) in [7, 11) is 0. The van der Waals surface area contributed by atoms with Crippen LogP contribution in [0.5, 0.6) is 0 Å². The molecule has 0 saturated carbocycles. The van der Waals surface area contributed by atoms with Crippen LogP contribution in [0.25, 0.3) is 0 Å². The zero-order chi connectivity index (χ0) is 16.8. The first-order valence-corrected chi connectivity index (χ1v) is 6.86. The van der Waals surface area contributed by atoms with E-state index >= 15 is 0 Å². The van der Waals surface area contributed by atoms with Gasteiger partial charge in [0.2, 0.25) is 5.91 Å². The van der Waals surface area contributed by atoms with Crippen LogP contribution in [0, 0.1) is 6.92 Å². The number of benzene rings is 1. The van der Waals surface area contributed by atoms with Crippen molar-refractivity contribution in [1.82, 2.24) is 4.98 Å². The Labute approximate surface area is 133 Å². The molecule has 0 aliphatic carbocycles. The van der Waals surface area contributed by atoms with E-state index in [1.54, 1.807) is 42.6 Å². The van der Waals surface area contributed by atoms with Gasteiger partial charge in [-0.3, -0.25) is 14.4 Å². The summed E-state index contributed by atoms with van der Waals surface area (Å²) in [5.41, 5.74) is 1.87. The molecule has 0 atom stereocenters. The standard InChI is InChI=1S/C16H16N4O3/c1-10-6-7-14(17-9-10)20-16(23)15(22)19-13-5-3-4-12(8-13)18-11(2)21/h3-9H,1-2H3,(H,18,21)(H,19,22)(H,17,20,23). The number of anilines is 3. The van der Waals surface area contributed by atoms with E-state index in [1.807, 2.05) is 6.92 Å². The second-order valence-corrected chi connectivity index (χ2v) is 4.89. The molecule has 1 aromatic heterocycles. The smallest absolute Gasteiger partial charge is 0.315 e. The van der Waals surface area contributed by atoms with E-state index in [0.29, 0.717) is 17.2 Å². The summed E-state index contributed by atoms with van der Waals surface area (Å²) in [5.74, 6) is -1.59. The lowest BCUT2D eigenvalue weighted by atomic mass is 10.2. The zero-order valence-corrected chi connectivity index (χ0v) is 12.7. The maximum atomic E-state index is 11.9. The minimum atomic E-state index is -0.828. The Morgan fingerprint density at radius 2 is 1.57 bits per heavy atom. The Bertz CT molecular complexity index is 741. The number of hydrogen-bond acceptors (Lipinski definition) is 4. The SMILES string of the molecule is CC(=O)Nc1cccc(NC(=O)C(=O)Nc2ccc(C)cn2)c1. The van der Waals surface area contributed by atoms with E-state index in [-0.39, 0.29) is 5.91 Å². The number of aryl methyl sites for hydroxylation is 1. The topological polar surface area (TPSA) is 100 Å². The van der Waals surface area contributed by atoms with Crippen molar-refractivity contribution in [2.75, 3.05) is 16.0 Å². The molecule has 0 aliphatic heterocycles. The molecule has 7 heteroatoms. The lowest BCUT2D eigenvalue weighted by Gasteiger charge is -2.08. The summed E-state index contributed by atoms with van der Waals surface area (Å²) in [5, 5.41) is 7.45. The molecule has 0 unspecified atom stereocenters. The van der Waals surface area contributed by atoms with Crippen LogP contribution in [0.2, 0.25) is 0 Å². The largest absolute Gasteiger partial charge is 0.326 e. The fraction of sp³-hybridized carbons (Fsp3) is 0.125. The maximum absolute atomic E-state index is 11.9. The van der Waals surface area contributed by atoms with Gasteiger partial charge in [0.1, 0.15) is 5.82 Å². The van der Waals surface area contributed by atoms with Gasteiger partial charge in [-0.15, -0.1) is 0 Å². The highest BCUT2D eigenvalue weighted by atomic mass is 16.2. The molecule has 1 aromatic carbocycles. The molecule has 0 saturated heterocycles. The first-order valence-electron chi connectivity index (χ1n) is 6.86. The number of pyridine rings is 1. The van der Waals surface area contributed by atoms with Crippen molar-refractivity contribution in [1.29, 1.82) is 0 Å². The Kier molecular flexibility index (Phi) is 5.03. The zero-order valence-electron chi connectivity index (χ0n) is 12.7. The van der Waals surface area contributed by atoms with E-state index in [4.69, 9.17) is 0 Å². The highest BCUT2D eigenvalue weighted by Crippen LogP contribution is 2.15. The molecule has 2 rings (SSSR count). The molecule has 0 spiro atoms. The highest BCUT2D eigenvalue weighted by molar-refractivity contribution is 6.43. The number of rotatable bonds is 3. The second kappa shape index (κ2) is 7.17. The molecule has 0 fully saturated rings. The third-order valence-electron chi connectivity index (χ3n) is 2.80. The molecular formula is C16H16N4O3. The van der Waals surface area contributed by atoms with Crippen LogP contribution in [-0.4, -0.2) is 22.7 Å². The number of carbonyl (C=O) groups excluding carboxylic acids is 3. The number of amides is 3. The Balaban J connectivity index is 1.99. The molecule has 0 radical (unpaired) electrons. The molecular weight excluding hydrogens is 296 g/mol. The quantitative estimate of drug-likeness (QED) is 0.754. The predicted octanol–water partition coefficient (Wildman–Crippen LogP) is 1.93. The molecule has 3 N–H and O–H groups in total. The van der Waals surface area contributed by atoms with E-state index in [9.17, 15) is 14.4 Å². The minimum absolute atomic E-state index is 0.225. The van der Waals surface area contributed by atoms with E-state index in [0.717, 1.165) is 5.56 Å². The summed E-state index contributed by atoms with van der Waals surface area (Å²) < 4.78 is 0. The van der Waals surface area contributed by atoms with Crippen LogP contribution in [0.3, 0.4) is 0 Å². The van der Waals surface area contributed by atoms with Crippen molar-refractivity contribution in [3.05, 3.63) is 48.2 Å². The summed E-state index contributed by atoms with van der Waals surface area (Å²) >= 11 is 0. The fourth-order valence-corrected chi connectivity index (χ4v) is 1.78. The molecule has 2 aromatic rings. The van der Waals surface area contributed by atoms with Crippen molar-refractivity contribution >= 4 is 34.9 Å². The van der Waals surface area contributed by atoms with Gasteiger partial charge in [-0.25, -0.2) is 4.98 Å². The summed E-state index contributed by atoms with van der Waals surface area (Å²) in [6.45, 7) is 3.25. The van der Waals surface area contributed by atoms with Crippen LogP contribution < -0.4 is 16.0 Å². The lowest BCUT2D eigenvalue weighted by Crippen LogP contribution is -2.29. The Morgan fingerprint density at radius 1 is 0.913 bits per heavy atom. The first-order chi connectivity index (χ1) is 10.9. The van der Waals surface area contributed by atoms with Gasteiger partial charge in [0.05, 0.1) is 0 Å². The second-order valence-electron chi connectivity index (χ2n) is 4.89. The maximum Gasteiger partial charge on any atom is 0.315 e. The summed E-state index contributed by atoms with van der Waals surface area (Å²) in [6.07, 6.45) is 1.59. The van der Waals surface area contributed by atoms with E-state index in [2.05, 4.69) is 20.9 Å². The lowest BCUT2D eigenvalue weighted by molar-refractivity contribution is -0.133. The van der Waals surface area contributed by atoms with Crippen LogP contribution in [0.4, 0.5) is 17.2 Å². The average Bonchev–Trinajstić information content (AvgIpc) is 2.49. The van der Waals surface area contributed by atoms with Gasteiger partial charge < -0.3 is 16.0 Å². The van der Waals surface area contributed by atoms with Gasteiger partial charge in [0.15, 0.2) is 0 Å². The van der Waals surface area contributed by atoms with Gasteiger partial charge in [-0.2, -0.15) is 0 Å². The molecule has 1 heterocycles. The predicted molar refractivity (Wildman–Crippen MR) is 87.0 cm³/mol. The molecule has 3 amide bonds. The highest BCUT2D eigenvalue weighted by Gasteiger charge is 2.14. The van der Waals surface area contributed by atoms with Gasteiger partial charge in [-0.1, -0.05) is 12.1 Å². The van der Waals surface area contributed by atoms with Crippen LogP contribution in [0.1, 0.15) is 12.5 Å². The number of nitrogens with one attached hydrogen (secondary N) is 3. The van der Waals surface area contributed by atoms with Crippen LogP contribution in [-0.2, 0) is 14.4 Å². The fourth-order valence-electron chi connectivity index (χ4n) is 1.78. The van der Waals surface area contributed by atoms with Crippen molar-refractivity contribution in [2.45, 2.75) is 13.8 Å². The van der Waals surface area contributed by atoms with Crippen molar-refractivity contribution in [2.24, 2.45) is 0 Å². The average molecular weight is 312 g/mol. The number of nitrogens with zero attached hydrogens (tertiary/aromatic N) is 1. The van der Waals surface area contributed by atoms with Crippen molar-refractivity contribution in [3.8, 4) is 0 Å². The number of carbonyl (C=O) groups is 3.